The van der Waals surface area contributed by atoms with Gasteiger partial charge in [-0.05, 0) is 38.0 Å². The van der Waals surface area contributed by atoms with Crippen molar-refractivity contribution in [1.29, 1.82) is 0 Å². The first-order chi connectivity index (χ1) is 10.7. The standard InChI is InChI=1S/C17H28N2O3/c20-16(18-9-5-1-2-6-10-18)12-19-14-8-4-3-7-13(14)11-15(19)17(21)22/h13-15H,1-12H2,(H,21,22). The Morgan fingerprint density at radius 3 is 2.32 bits per heavy atom. The summed E-state index contributed by atoms with van der Waals surface area (Å²) in [4.78, 5) is 28.2. The second kappa shape index (κ2) is 6.99. The van der Waals surface area contributed by atoms with Crippen molar-refractivity contribution in [3.05, 3.63) is 0 Å². The molecule has 0 bridgehead atoms. The van der Waals surface area contributed by atoms with Crippen LogP contribution >= 0.6 is 0 Å². The first kappa shape index (κ1) is 15.8. The topological polar surface area (TPSA) is 60.9 Å². The summed E-state index contributed by atoms with van der Waals surface area (Å²) in [5.74, 6) is -0.135. The van der Waals surface area contributed by atoms with Gasteiger partial charge in [-0.25, -0.2) is 0 Å². The van der Waals surface area contributed by atoms with E-state index >= 15 is 0 Å². The first-order valence-corrected chi connectivity index (χ1v) is 8.93. The Balaban J connectivity index is 1.67. The fourth-order valence-corrected chi connectivity index (χ4v) is 4.60. The van der Waals surface area contributed by atoms with Gasteiger partial charge in [0.05, 0.1) is 6.54 Å². The summed E-state index contributed by atoms with van der Waals surface area (Å²) in [7, 11) is 0. The Hall–Kier alpha value is -1.10. The molecule has 1 amide bonds. The minimum Gasteiger partial charge on any atom is -0.480 e. The predicted octanol–water partition coefficient (Wildman–Crippen LogP) is 2.11. The third-order valence-electron chi connectivity index (χ3n) is 5.78. The molecule has 5 heteroatoms. The molecule has 0 spiro atoms. The van der Waals surface area contributed by atoms with E-state index < -0.39 is 12.0 Å². The van der Waals surface area contributed by atoms with E-state index in [0.29, 0.717) is 18.5 Å². The van der Waals surface area contributed by atoms with Crippen molar-refractivity contribution < 1.29 is 14.7 Å². The lowest BCUT2D eigenvalue weighted by Gasteiger charge is -2.33. The molecule has 1 saturated carbocycles. The summed E-state index contributed by atoms with van der Waals surface area (Å²) in [6, 6.07) is -0.144. The van der Waals surface area contributed by atoms with E-state index in [9.17, 15) is 14.7 Å². The third kappa shape index (κ3) is 3.29. The zero-order valence-electron chi connectivity index (χ0n) is 13.4. The summed E-state index contributed by atoms with van der Waals surface area (Å²) >= 11 is 0. The number of nitrogens with zero attached hydrogens (tertiary/aromatic N) is 2. The fraction of sp³-hybridized carbons (Fsp3) is 0.882. The number of aliphatic carboxylic acids is 1. The van der Waals surface area contributed by atoms with Crippen molar-refractivity contribution >= 4 is 11.9 Å². The summed E-state index contributed by atoms with van der Waals surface area (Å²) in [5, 5.41) is 9.53. The molecule has 0 radical (unpaired) electrons. The molecule has 3 fully saturated rings. The largest absolute Gasteiger partial charge is 0.480 e. The van der Waals surface area contributed by atoms with E-state index in [1.54, 1.807) is 0 Å². The minimum atomic E-state index is -0.752. The van der Waals surface area contributed by atoms with E-state index in [1.807, 2.05) is 9.80 Å². The molecular formula is C17H28N2O3. The maximum atomic E-state index is 12.6. The maximum absolute atomic E-state index is 12.6. The zero-order valence-corrected chi connectivity index (χ0v) is 13.4. The van der Waals surface area contributed by atoms with Crippen LogP contribution in [0.1, 0.15) is 57.8 Å². The van der Waals surface area contributed by atoms with E-state index in [1.165, 1.54) is 25.7 Å². The Bertz CT molecular complexity index is 418. The Kier molecular flexibility index (Phi) is 5.01. The summed E-state index contributed by atoms with van der Waals surface area (Å²) in [6.45, 7) is 2.00. The van der Waals surface area contributed by atoms with Crippen LogP contribution in [0, 0.1) is 5.92 Å². The molecule has 3 rings (SSSR count). The lowest BCUT2D eigenvalue weighted by Crippen LogP contribution is -2.48. The second-order valence-corrected chi connectivity index (χ2v) is 7.17. The van der Waals surface area contributed by atoms with Crippen molar-refractivity contribution in [2.45, 2.75) is 69.9 Å². The van der Waals surface area contributed by atoms with Crippen molar-refractivity contribution in [3.8, 4) is 0 Å². The van der Waals surface area contributed by atoms with Gasteiger partial charge in [0, 0.05) is 19.1 Å². The lowest BCUT2D eigenvalue weighted by molar-refractivity contribution is -0.144. The Morgan fingerprint density at radius 1 is 0.955 bits per heavy atom. The smallest absolute Gasteiger partial charge is 0.320 e. The van der Waals surface area contributed by atoms with Gasteiger partial charge in [0.15, 0.2) is 0 Å². The molecule has 0 aromatic rings. The molecule has 2 aliphatic heterocycles. The van der Waals surface area contributed by atoms with Crippen molar-refractivity contribution in [2.24, 2.45) is 5.92 Å². The molecule has 5 nitrogen and oxygen atoms in total. The number of hydrogen-bond donors (Lipinski definition) is 1. The number of carboxylic acid groups (broad SMARTS) is 1. The predicted molar refractivity (Wildman–Crippen MR) is 83.5 cm³/mol. The minimum absolute atomic E-state index is 0.138. The highest BCUT2D eigenvalue weighted by Gasteiger charge is 2.46. The third-order valence-corrected chi connectivity index (χ3v) is 5.78. The van der Waals surface area contributed by atoms with E-state index in [2.05, 4.69) is 0 Å². The van der Waals surface area contributed by atoms with Gasteiger partial charge in [-0.1, -0.05) is 25.7 Å². The van der Waals surface area contributed by atoms with Crippen LogP contribution in [0.2, 0.25) is 0 Å². The molecular weight excluding hydrogens is 280 g/mol. The van der Waals surface area contributed by atoms with Crippen LogP contribution in [0.25, 0.3) is 0 Å². The van der Waals surface area contributed by atoms with Gasteiger partial charge in [-0.2, -0.15) is 0 Å². The SMILES string of the molecule is O=C(O)C1CC2CCCCC2N1CC(=O)N1CCCCCC1. The van der Waals surface area contributed by atoms with Gasteiger partial charge in [-0.15, -0.1) is 0 Å². The van der Waals surface area contributed by atoms with Crippen LogP contribution in [0.4, 0.5) is 0 Å². The number of carbonyl (C=O) groups excluding carboxylic acids is 1. The first-order valence-electron chi connectivity index (χ1n) is 8.93. The van der Waals surface area contributed by atoms with E-state index in [4.69, 9.17) is 0 Å². The summed E-state index contributed by atoms with van der Waals surface area (Å²) in [5.41, 5.74) is 0. The van der Waals surface area contributed by atoms with Crippen LogP contribution in [-0.2, 0) is 9.59 Å². The summed E-state index contributed by atoms with van der Waals surface area (Å²) in [6.07, 6.45) is 9.87. The highest BCUT2D eigenvalue weighted by atomic mass is 16.4. The molecule has 1 N–H and O–H groups in total. The fourth-order valence-electron chi connectivity index (χ4n) is 4.60. The molecule has 2 saturated heterocycles. The maximum Gasteiger partial charge on any atom is 0.320 e. The summed E-state index contributed by atoms with van der Waals surface area (Å²) < 4.78 is 0. The number of rotatable bonds is 3. The lowest BCUT2D eigenvalue weighted by atomic mass is 9.85. The molecule has 3 unspecified atom stereocenters. The van der Waals surface area contributed by atoms with Gasteiger partial charge in [0.25, 0.3) is 0 Å². The molecule has 2 heterocycles. The molecule has 1 aliphatic carbocycles. The van der Waals surface area contributed by atoms with Crippen molar-refractivity contribution in [3.63, 3.8) is 0 Å². The number of likely N-dealkylation sites (tertiary alicyclic amines) is 2. The van der Waals surface area contributed by atoms with Crippen molar-refractivity contribution in [1.82, 2.24) is 9.80 Å². The average molecular weight is 308 g/mol. The van der Waals surface area contributed by atoms with Gasteiger partial charge >= 0.3 is 5.97 Å². The van der Waals surface area contributed by atoms with E-state index in [-0.39, 0.29) is 5.91 Å². The highest BCUT2D eigenvalue weighted by molar-refractivity contribution is 5.80. The van der Waals surface area contributed by atoms with E-state index in [0.717, 1.165) is 45.2 Å². The van der Waals surface area contributed by atoms with Crippen LogP contribution < -0.4 is 0 Å². The molecule has 22 heavy (non-hydrogen) atoms. The number of carboxylic acids is 1. The number of carbonyl (C=O) groups is 2. The average Bonchev–Trinajstić information content (AvgIpc) is 2.70. The molecule has 0 aromatic carbocycles. The molecule has 3 aliphatic rings. The molecule has 124 valence electrons. The monoisotopic (exact) mass is 308 g/mol. The quantitative estimate of drug-likeness (QED) is 0.867. The van der Waals surface area contributed by atoms with Crippen molar-refractivity contribution in [2.75, 3.05) is 19.6 Å². The zero-order chi connectivity index (χ0) is 15.5. The van der Waals surface area contributed by atoms with Gasteiger partial charge < -0.3 is 10.0 Å². The Morgan fingerprint density at radius 2 is 1.64 bits per heavy atom. The molecule has 3 atom stereocenters. The van der Waals surface area contributed by atoms with Gasteiger partial charge in [0.2, 0.25) is 5.91 Å². The Labute approximate surface area is 132 Å². The number of hydrogen-bond acceptors (Lipinski definition) is 3. The van der Waals surface area contributed by atoms with Gasteiger partial charge in [-0.3, -0.25) is 14.5 Å². The highest BCUT2D eigenvalue weighted by Crippen LogP contribution is 2.39. The number of amides is 1. The van der Waals surface area contributed by atoms with Crippen LogP contribution in [0.15, 0.2) is 0 Å². The second-order valence-electron chi connectivity index (χ2n) is 7.17. The normalized spacial score (nSPS) is 33.3. The van der Waals surface area contributed by atoms with Crippen LogP contribution in [0.5, 0.6) is 0 Å². The molecule has 0 aromatic heterocycles. The van der Waals surface area contributed by atoms with Gasteiger partial charge in [0.1, 0.15) is 6.04 Å². The number of fused-ring (bicyclic) bond motifs is 1. The van der Waals surface area contributed by atoms with Crippen LogP contribution in [0.3, 0.4) is 0 Å². The van der Waals surface area contributed by atoms with Crippen LogP contribution in [-0.4, -0.2) is 58.5 Å².